The Morgan fingerprint density at radius 1 is 0.531 bits per heavy atom. The van der Waals surface area contributed by atoms with Crippen molar-refractivity contribution in [2.75, 3.05) is 0 Å². The quantitative estimate of drug-likeness (QED) is 0.230. The Morgan fingerprint density at radius 3 is 1.25 bits per heavy atom. The van der Waals surface area contributed by atoms with Crippen LogP contribution >= 0.6 is 0 Å². The number of unbranched alkanes of at least 4 members (excludes halogenated alkanes) is 15. The van der Waals surface area contributed by atoms with Crippen molar-refractivity contribution in [2.45, 2.75) is 116 Å². The number of nitrogens with one attached hydrogen (secondary N) is 2. The highest BCUT2D eigenvalue weighted by molar-refractivity contribution is 6.16. The first-order valence-corrected chi connectivity index (χ1v) is 12.6. The fourth-order valence-electron chi connectivity index (χ4n) is 3.86. The summed E-state index contributed by atoms with van der Waals surface area (Å²) in [6.07, 6.45) is 26.2. The molecule has 2 aliphatic rings. The van der Waals surface area contributed by atoms with Crippen molar-refractivity contribution in [3.05, 3.63) is 23.8 Å². The average Bonchev–Trinajstić information content (AvgIpc) is 3.30. The average molecular weight is 447 g/mol. The van der Waals surface area contributed by atoms with Crippen LogP contribution in [0, 0.1) is 0 Å². The molecule has 0 radical (unpaired) electrons. The molecule has 0 spiro atoms. The summed E-state index contributed by atoms with van der Waals surface area (Å²) >= 11 is 0. The van der Waals surface area contributed by atoms with Crippen molar-refractivity contribution in [3.8, 4) is 0 Å². The minimum atomic E-state index is -0.329. The normalized spacial score (nSPS) is 14.8. The number of hydrogen-bond acceptors (Lipinski definition) is 4. The molecule has 0 aromatic rings. The largest absolute Gasteiger partial charge is 0.289 e. The fourth-order valence-corrected chi connectivity index (χ4v) is 3.86. The van der Waals surface area contributed by atoms with E-state index >= 15 is 0 Å². The molecule has 6 nitrogen and oxygen atoms in total. The predicted octanol–water partition coefficient (Wildman–Crippen LogP) is 5.42. The van der Waals surface area contributed by atoms with Crippen LogP contribution in [0.15, 0.2) is 23.8 Å². The van der Waals surface area contributed by atoms with Crippen molar-refractivity contribution in [1.82, 2.24) is 10.6 Å². The lowest BCUT2D eigenvalue weighted by Crippen LogP contribution is -2.22. The number of hydrogen-bond donors (Lipinski definition) is 2. The van der Waals surface area contributed by atoms with Crippen LogP contribution in [0.1, 0.15) is 116 Å². The van der Waals surface area contributed by atoms with E-state index in [-0.39, 0.29) is 23.6 Å². The Bertz CT molecular complexity index is 636. The summed E-state index contributed by atoms with van der Waals surface area (Å²) in [5.74, 6) is -1.10. The third-order valence-corrected chi connectivity index (χ3v) is 5.77. The Labute approximate surface area is 193 Å². The molecule has 180 valence electrons. The Morgan fingerprint density at radius 2 is 0.938 bits per heavy atom. The van der Waals surface area contributed by atoms with Crippen LogP contribution in [0.3, 0.4) is 0 Å². The molecule has 4 amide bonds. The third-order valence-electron chi connectivity index (χ3n) is 5.77. The van der Waals surface area contributed by atoms with Crippen LogP contribution in [-0.4, -0.2) is 23.6 Å². The molecule has 0 saturated heterocycles. The maximum Gasteiger partial charge on any atom is 0.254 e. The molecule has 0 aliphatic carbocycles. The van der Waals surface area contributed by atoms with Gasteiger partial charge in [-0.05, 0) is 12.8 Å². The van der Waals surface area contributed by atoms with Crippen molar-refractivity contribution >= 4 is 23.6 Å². The van der Waals surface area contributed by atoms with Crippen LogP contribution in [0.4, 0.5) is 0 Å². The molecule has 0 saturated carbocycles. The molecule has 2 N–H and O–H groups in total. The molecule has 0 atom stereocenters. The highest BCUT2D eigenvalue weighted by Crippen LogP contribution is 2.16. The van der Waals surface area contributed by atoms with Crippen molar-refractivity contribution in [3.63, 3.8) is 0 Å². The lowest BCUT2D eigenvalue weighted by Gasteiger charge is -2.04. The maximum atomic E-state index is 11.4. The predicted molar refractivity (Wildman–Crippen MR) is 128 cm³/mol. The van der Waals surface area contributed by atoms with E-state index in [2.05, 4.69) is 12.2 Å². The van der Waals surface area contributed by atoms with E-state index in [9.17, 15) is 19.2 Å². The van der Waals surface area contributed by atoms with Gasteiger partial charge in [-0.15, -0.1) is 0 Å². The Kier molecular flexibility index (Phi) is 15.9. The van der Waals surface area contributed by atoms with E-state index in [0.717, 1.165) is 19.3 Å². The van der Waals surface area contributed by atoms with Crippen LogP contribution in [0.5, 0.6) is 0 Å². The van der Waals surface area contributed by atoms with Crippen molar-refractivity contribution < 1.29 is 19.2 Å². The highest BCUT2D eigenvalue weighted by Gasteiger charge is 2.19. The number of rotatable bonds is 17. The molecule has 0 bridgehead atoms. The van der Waals surface area contributed by atoms with E-state index in [1.54, 1.807) is 0 Å². The zero-order valence-electron chi connectivity index (χ0n) is 19.9. The fraction of sp³-hybridized carbons (Fsp3) is 0.692. The van der Waals surface area contributed by atoms with Gasteiger partial charge in [-0.3, -0.25) is 29.8 Å². The Balaban J connectivity index is 0.000000616. The second-order valence-electron chi connectivity index (χ2n) is 8.73. The minimum absolute atomic E-state index is 0.189. The minimum Gasteiger partial charge on any atom is -0.289 e. The zero-order chi connectivity index (χ0) is 23.4. The maximum absolute atomic E-state index is 11.4. The standard InChI is InChI=1S/C22H39NO2.C4H3NO2/c1-2-3-4-5-6-7-8-9-10-11-12-13-14-15-16-17-18-20-19-21(24)23-22(20)25;6-3-1-2-4(7)5-3/h19H,2-18H2,1H3,(H,23,24,25);1-2H,(H,5,6,7). The van der Waals surface area contributed by atoms with Gasteiger partial charge >= 0.3 is 0 Å². The molecular weight excluding hydrogens is 404 g/mol. The smallest absolute Gasteiger partial charge is 0.254 e. The summed E-state index contributed by atoms with van der Waals surface area (Å²) in [7, 11) is 0. The van der Waals surface area contributed by atoms with Gasteiger partial charge in [0.05, 0.1) is 0 Å². The molecule has 0 aromatic carbocycles. The van der Waals surface area contributed by atoms with Crippen LogP contribution in [-0.2, 0) is 19.2 Å². The van der Waals surface area contributed by atoms with Crippen molar-refractivity contribution in [2.24, 2.45) is 0 Å². The van der Waals surface area contributed by atoms with Gasteiger partial charge in [-0.1, -0.05) is 103 Å². The second-order valence-corrected chi connectivity index (χ2v) is 8.73. The van der Waals surface area contributed by atoms with Gasteiger partial charge in [-0.2, -0.15) is 0 Å². The van der Waals surface area contributed by atoms with E-state index in [1.807, 2.05) is 5.32 Å². The molecule has 0 fully saturated rings. The summed E-state index contributed by atoms with van der Waals surface area (Å²) in [5, 5.41) is 4.33. The number of imide groups is 2. The first kappa shape index (κ1) is 27.8. The summed E-state index contributed by atoms with van der Waals surface area (Å²) in [6, 6.07) is 0. The first-order chi connectivity index (χ1) is 15.5. The molecular formula is C26H42N2O4. The summed E-state index contributed by atoms with van der Waals surface area (Å²) in [6.45, 7) is 2.28. The molecule has 32 heavy (non-hydrogen) atoms. The molecule has 2 heterocycles. The van der Waals surface area contributed by atoms with E-state index in [1.165, 1.54) is 108 Å². The number of carbonyl (C=O) groups is 4. The molecule has 0 aromatic heterocycles. The van der Waals surface area contributed by atoms with Crippen LogP contribution in [0.25, 0.3) is 0 Å². The molecule has 2 rings (SSSR count). The summed E-state index contributed by atoms with van der Waals surface area (Å²) < 4.78 is 0. The van der Waals surface area contributed by atoms with Gasteiger partial charge in [0.2, 0.25) is 0 Å². The molecule has 0 unspecified atom stereocenters. The SMILES string of the molecule is CCCCCCCCCCCCCCCCCCC1=CC(=O)NC1=O.O=C1C=CC(=O)N1. The van der Waals surface area contributed by atoms with Gasteiger partial charge in [0.15, 0.2) is 0 Å². The summed E-state index contributed by atoms with van der Waals surface area (Å²) in [5.41, 5.74) is 0.662. The lowest BCUT2D eigenvalue weighted by molar-refractivity contribution is -0.125. The highest BCUT2D eigenvalue weighted by atomic mass is 16.2. The first-order valence-electron chi connectivity index (χ1n) is 12.6. The van der Waals surface area contributed by atoms with Crippen molar-refractivity contribution in [1.29, 1.82) is 0 Å². The van der Waals surface area contributed by atoms with Gasteiger partial charge in [-0.25, -0.2) is 0 Å². The topological polar surface area (TPSA) is 92.3 Å². The molecule has 6 heteroatoms. The third kappa shape index (κ3) is 14.7. The second kappa shape index (κ2) is 18.3. The number of carbonyl (C=O) groups excluding carboxylic acids is 4. The van der Waals surface area contributed by atoms with Crippen LogP contribution in [0.2, 0.25) is 0 Å². The molecule has 2 aliphatic heterocycles. The lowest BCUT2D eigenvalue weighted by atomic mass is 10.0. The van der Waals surface area contributed by atoms with E-state index in [0.29, 0.717) is 5.57 Å². The van der Waals surface area contributed by atoms with Crippen LogP contribution < -0.4 is 10.6 Å². The zero-order valence-corrected chi connectivity index (χ0v) is 19.9. The van der Waals surface area contributed by atoms with Gasteiger partial charge < -0.3 is 0 Å². The van der Waals surface area contributed by atoms with Gasteiger partial charge in [0, 0.05) is 23.8 Å². The monoisotopic (exact) mass is 446 g/mol. The van der Waals surface area contributed by atoms with Gasteiger partial charge in [0.25, 0.3) is 23.6 Å². The number of amides is 4. The van der Waals surface area contributed by atoms with E-state index < -0.39 is 0 Å². The Hall–Kier alpha value is -2.24. The summed E-state index contributed by atoms with van der Waals surface area (Å²) in [4.78, 5) is 42.5. The van der Waals surface area contributed by atoms with Gasteiger partial charge in [0.1, 0.15) is 0 Å². The van der Waals surface area contributed by atoms with E-state index in [4.69, 9.17) is 0 Å².